The molecule has 1 fully saturated rings. The Balaban J connectivity index is 1.82. The van der Waals surface area contributed by atoms with Gasteiger partial charge in [0.25, 0.3) is 5.91 Å². The van der Waals surface area contributed by atoms with Crippen LogP contribution in [-0.2, 0) is 0 Å². The van der Waals surface area contributed by atoms with Gasteiger partial charge >= 0.3 is 0 Å². The Morgan fingerprint density at radius 2 is 2.24 bits per heavy atom. The van der Waals surface area contributed by atoms with E-state index in [0.717, 1.165) is 23.4 Å². The molecule has 0 bridgehead atoms. The van der Waals surface area contributed by atoms with E-state index < -0.39 is 0 Å². The summed E-state index contributed by atoms with van der Waals surface area (Å²) < 4.78 is 0.784. The molecular weight excluding hydrogens is 280 g/mol. The van der Waals surface area contributed by atoms with Crippen molar-refractivity contribution in [2.45, 2.75) is 25.7 Å². The van der Waals surface area contributed by atoms with Gasteiger partial charge in [0.05, 0.1) is 5.56 Å². The van der Waals surface area contributed by atoms with Gasteiger partial charge in [-0.3, -0.25) is 4.79 Å². The first kappa shape index (κ1) is 12.4. The topological polar surface area (TPSA) is 55.1 Å². The lowest BCUT2D eigenvalue weighted by molar-refractivity contribution is 0.0952. The summed E-state index contributed by atoms with van der Waals surface area (Å²) in [4.78, 5) is 11.9. The molecule has 4 heteroatoms. The van der Waals surface area contributed by atoms with Gasteiger partial charge in [0.15, 0.2) is 0 Å². The van der Waals surface area contributed by atoms with Gasteiger partial charge in [-0.05, 0) is 52.9 Å². The van der Waals surface area contributed by atoms with Gasteiger partial charge in [-0.2, -0.15) is 0 Å². The molecule has 17 heavy (non-hydrogen) atoms. The van der Waals surface area contributed by atoms with Crippen molar-refractivity contribution >= 4 is 27.5 Å². The van der Waals surface area contributed by atoms with Crippen molar-refractivity contribution in [2.75, 3.05) is 12.3 Å². The summed E-state index contributed by atoms with van der Waals surface area (Å²) in [5.74, 6) is 0.867. The second kappa shape index (κ2) is 5.54. The molecule has 92 valence electrons. The average Bonchev–Trinajstić information content (AvgIpc) is 3.11. The fraction of sp³-hybridized carbons (Fsp3) is 0.462. The highest BCUT2D eigenvalue weighted by Gasteiger charge is 2.20. The number of amides is 1. The van der Waals surface area contributed by atoms with Crippen LogP contribution in [0.1, 0.15) is 36.0 Å². The van der Waals surface area contributed by atoms with Crippen molar-refractivity contribution in [1.29, 1.82) is 0 Å². The van der Waals surface area contributed by atoms with E-state index in [1.54, 1.807) is 18.2 Å². The Bertz CT molecular complexity index is 416. The number of anilines is 1. The highest BCUT2D eigenvalue weighted by atomic mass is 79.9. The van der Waals surface area contributed by atoms with Gasteiger partial charge in [0.2, 0.25) is 0 Å². The van der Waals surface area contributed by atoms with E-state index in [-0.39, 0.29) is 5.91 Å². The standard InChI is InChI=1S/C13H17BrN2O/c14-12-6-5-10(15)8-11(12)13(17)16-7-1-2-9-3-4-9/h5-6,8-9H,1-4,7,15H2,(H,16,17). The van der Waals surface area contributed by atoms with Crippen LogP contribution < -0.4 is 11.1 Å². The number of nitrogens with one attached hydrogen (secondary N) is 1. The third kappa shape index (κ3) is 3.73. The maximum Gasteiger partial charge on any atom is 0.252 e. The zero-order valence-corrected chi connectivity index (χ0v) is 11.3. The van der Waals surface area contributed by atoms with Gasteiger partial charge in [-0.15, -0.1) is 0 Å². The van der Waals surface area contributed by atoms with Gasteiger partial charge < -0.3 is 11.1 Å². The molecular formula is C13H17BrN2O. The van der Waals surface area contributed by atoms with Crippen LogP contribution in [0.15, 0.2) is 22.7 Å². The first-order valence-corrected chi connectivity index (χ1v) is 6.79. The van der Waals surface area contributed by atoms with E-state index in [1.807, 2.05) is 0 Å². The largest absolute Gasteiger partial charge is 0.399 e. The van der Waals surface area contributed by atoms with Crippen molar-refractivity contribution in [3.8, 4) is 0 Å². The Hall–Kier alpha value is -1.03. The van der Waals surface area contributed by atoms with Crippen molar-refractivity contribution in [3.63, 3.8) is 0 Å². The molecule has 1 aliphatic carbocycles. The van der Waals surface area contributed by atoms with Gasteiger partial charge in [0.1, 0.15) is 0 Å². The third-order valence-electron chi connectivity index (χ3n) is 3.01. The minimum Gasteiger partial charge on any atom is -0.399 e. The number of benzene rings is 1. The smallest absolute Gasteiger partial charge is 0.252 e. The molecule has 1 saturated carbocycles. The maximum absolute atomic E-state index is 11.9. The molecule has 2 rings (SSSR count). The Labute approximate surface area is 110 Å². The highest BCUT2D eigenvalue weighted by molar-refractivity contribution is 9.10. The first-order valence-electron chi connectivity index (χ1n) is 6.00. The molecule has 0 aliphatic heterocycles. The minimum absolute atomic E-state index is 0.0556. The van der Waals surface area contributed by atoms with Crippen molar-refractivity contribution in [2.24, 2.45) is 5.92 Å². The van der Waals surface area contributed by atoms with Crippen LogP contribution in [-0.4, -0.2) is 12.5 Å². The summed E-state index contributed by atoms with van der Waals surface area (Å²) in [5, 5.41) is 2.93. The molecule has 0 spiro atoms. The molecule has 0 unspecified atom stereocenters. The molecule has 0 saturated heterocycles. The summed E-state index contributed by atoms with van der Waals surface area (Å²) in [6.45, 7) is 0.747. The van der Waals surface area contributed by atoms with E-state index >= 15 is 0 Å². The molecule has 1 aromatic carbocycles. The number of halogens is 1. The van der Waals surface area contributed by atoms with Crippen LogP contribution in [0.2, 0.25) is 0 Å². The first-order chi connectivity index (χ1) is 8.16. The monoisotopic (exact) mass is 296 g/mol. The second-order valence-electron chi connectivity index (χ2n) is 4.58. The third-order valence-corrected chi connectivity index (χ3v) is 3.70. The summed E-state index contributed by atoms with van der Waals surface area (Å²) in [5.41, 5.74) is 6.88. The fourth-order valence-corrected chi connectivity index (χ4v) is 2.24. The lowest BCUT2D eigenvalue weighted by atomic mass is 10.2. The van der Waals surface area contributed by atoms with Crippen LogP contribution in [0.5, 0.6) is 0 Å². The Morgan fingerprint density at radius 3 is 2.94 bits per heavy atom. The molecule has 0 atom stereocenters. The van der Waals surface area contributed by atoms with Gasteiger partial charge in [-0.25, -0.2) is 0 Å². The summed E-state index contributed by atoms with van der Waals surface area (Å²) >= 11 is 3.36. The number of hydrogen-bond donors (Lipinski definition) is 2. The molecule has 3 N–H and O–H groups in total. The van der Waals surface area contributed by atoms with Crippen LogP contribution in [0.4, 0.5) is 5.69 Å². The normalized spacial score (nSPS) is 14.6. The van der Waals surface area contributed by atoms with Crippen LogP contribution in [0.25, 0.3) is 0 Å². The van der Waals surface area contributed by atoms with E-state index in [4.69, 9.17) is 5.73 Å². The molecule has 0 aromatic heterocycles. The van der Waals surface area contributed by atoms with E-state index in [1.165, 1.54) is 19.3 Å². The number of rotatable bonds is 5. The zero-order chi connectivity index (χ0) is 12.3. The number of nitrogen functional groups attached to an aromatic ring is 1. The number of carbonyl (C=O) groups excluding carboxylic acids is 1. The second-order valence-corrected chi connectivity index (χ2v) is 5.44. The molecule has 0 heterocycles. The highest BCUT2D eigenvalue weighted by Crippen LogP contribution is 2.33. The molecule has 3 nitrogen and oxygen atoms in total. The van der Waals surface area contributed by atoms with Gasteiger partial charge in [-0.1, -0.05) is 12.8 Å². The quantitative estimate of drug-likeness (QED) is 0.648. The summed E-state index contributed by atoms with van der Waals surface area (Å²) in [6.07, 6.45) is 5.04. The minimum atomic E-state index is -0.0556. The van der Waals surface area contributed by atoms with Crippen molar-refractivity contribution in [1.82, 2.24) is 5.32 Å². The molecule has 1 aliphatic rings. The fourth-order valence-electron chi connectivity index (χ4n) is 1.81. The van der Waals surface area contributed by atoms with E-state index in [9.17, 15) is 4.79 Å². The average molecular weight is 297 g/mol. The predicted molar refractivity (Wildman–Crippen MR) is 72.8 cm³/mol. The predicted octanol–water partition coefficient (Wildman–Crippen LogP) is 2.95. The zero-order valence-electron chi connectivity index (χ0n) is 9.71. The van der Waals surface area contributed by atoms with Crippen LogP contribution in [0.3, 0.4) is 0 Å². The summed E-state index contributed by atoms with van der Waals surface area (Å²) in [7, 11) is 0. The lowest BCUT2D eigenvalue weighted by Gasteiger charge is -2.07. The molecule has 0 radical (unpaired) electrons. The Kier molecular flexibility index (Phi) is 4.05. The van der Waals surface area contributed by atoms with E-state index in [2.05, 4.69) is 21.2 Å². The summed E-state index contributed by atoms with van der Waals surface area (Å²) in [6, 6.07) is 5.27. The number of nitrogens with two attached hydrogens (primary N) is 1. The van der Waals surface area contributed by atoms with Crippen molar-refractivity contribution in [3.05, 3.63) is 28.2 Å². The Morgan fingerprint density at radius 1 is 1.47 bits per heavy atom. The number of hydrogen-bond acceptors (Lipinski definition) is 2. The number of carbonyl (C=O) groups is 1. The van der Waals surface area contributed by atoms with Crippen LogP contribution in [0, 0.1) is 5.92 Å². The molecule has 1 amide bonds. The van der Waals surface area contributed by atoms with Crippen molar-refractivity contribution < 1.29 is 4.79 Å². The van der Waals surface area contributed by atoms with E-state index in [0.29, 0.717) is 11.3 Å². The van der Waals surface area contributed by atoms with Gasteiger partial charge in [0, 0.05) is 16.7 Å². The maximum atomic E-state index is 11.9. The SMILES string of the molecule is Nc1ccc(Br)c(C(=O)NCCCC2CC2)c1. The van der Waals surface area contributed by atoms with Crippen LogP contribution >= 0.6 is 15.9 Å². The lowest BCUT2D eigenvalue weighted by Crippen LogP contribution is -2.25. The molecule has 1 aromatic rings.